The summed E-state index contributed by atoms with van der Waals surface area (Å²) in [6, 6.07) is 0. The van der Waals surface area contributed by atoms with Crippen molar-refractivity contribution in [1.82, 2.24) is 19.5 Å². The van der Waals surface area contributed by atoms with Crippen LogP contribution in [-0.2, 0) is 18.6 Å². The summed E-state index contributed by atoms with van der Waals surface area (Å²) < 4.78 is 46.4. The van der Waals surface area contributed by atoms with Crippen molar-refractivity contribution in [1.29, 1.82) is 0 Å². The van der Waals surface area contributed by atoms with Gasteiger partial charge in [-0.1, -0.05) is 11.1 Å². The van der Waals surface area contributed by atoms with Gasteiger partial charge < -0.3 is 14.2 Å². The minimum absolute atomic E-state index is 0.154. The average molecular weight is 436 g/mol. The van der Waals surface area contributed by atoms with Crippen molar-refractivity contribution in [3.05, 3.63) is 40.3 Å². The Balaban J connectivity index is 1.20. The number of rotatable bonds is 5. The van der Waals surface area contributed by atoms with E-state index >= 15 is 0 Å². The zero-order valence-electron chi connectivity index (χ0n) is 16.3. The Morgan fingerprint density at radius 2 is 2.00 bits per heavy atom. The van der Waals surface area contributed by atoms with Crippen LogP contribution in [0.4, 0.5) is 19.0 Å². The van der Waals surface area contributed by atoms with Gasteiger partial charge in [0.05, 0.1) is 18.7 Å². The molecule has 6 nitrogen and oxygen atoms in total. The van der Waals surface area contributed by atoms with Gasteiger partial charge in [-0.2, -0.15) is 18.2 Å². The van der Waals surface area contributed by atoms with Crippen LogP contribution in [0.1, 0.15) is 11.5 Å². The first-order valence-electron chi connectivity index (χ1n) is 9.82. The fourth-order valence-corrected chi connectivity index (χ4v) is 7.95. The number of nitrogens with zero attached hydrogens (tertiary/aromatic N) is 5. The minimum Gasteiger partial charge on any atom is -0.491 e. The van der Waals surface area contributed by atoms with Crippen LogP contribution in [0.2, 0.25) is 5.28 Å². The summed E-state index contributed by atoms with van der Waals surface area (Å²) in [5.74, 6) is 3.63. The maximum Gasteiger partial charge on any atom is 0.434 e. The van der Waals surface area contributed by atoms with Crippen LogP contribution in [-0.4, -0.2) is 40.2 Å². The molecule has 0 spiro atoms. The van der Waals surface area contributed by atoms with Gasteiger partial charge in [0.2, 0.25) is 5.28 Å². The Morgan fingerprint density at radius 3 is 2.53 bits per heavy atom. The fraction of sp³-hybridized carbons (Fsp3) is 0.550. The molecule has 6 unspecified atom stereocenters. The molecule has 0 saturated heterocycles. The fourth-order valence-electron chi connectivity index (χ4n) is 7.82. The van der Waals surface area contributed by atoms with E-state index in [-0.39, 0.29) is 16.1 Å². The number of aromatic nitrogens is 4. The predicted molar refractivity (Wildman–Crippen MR) is 100 cm³/mol. The monoisotopic (exact) mass is 435 g/mol. The molecule has 0 aromatic carbocycles. The SMILES string of the molecule is COc1cnc(Cl)nc1N(C)CC12C3=C4C1C1C2C3C41c1nc(C(F)(F)F)cn1C. The van der Waals surface area contributed by atoms with Crippen molar-refractivity contribution in [2.75, 3.05) is 25.6 Å². The van der Waals surface area contributed by atoms with Gasteiger partial charge in [-0.15, -0.1) is 0 Å². The molecule has 156 valence electrons. The zero-order chi connectivity index (χ0) is 21.0. The molecular formula is C20H17ClF3N5O. The summed E-state index contributed by atoms with van der Waals surface area (Å²) >= 11 is 5.98. The Hall–Kier alpha value is -2.29. The number of ether oxygens (including phenoxy) is 1. The van der Waals surface area contributed by atoms with Crippen LogP contribution >= 0.6 is 11.6 Å². The molecule has 8 rings (SSSR count). The second-order valence-electron chi connectivity index (χ2n) is 9.19. The van der Waals surface area contributed by atoms with E-state index in [1.807, 2.05) is 7.05 Å². The van der Waals surface area contributed by atoms with Crippen LogP contribution < -0.4 is 9.64 Å². The van der Waals surface area contributed by atoms with E-state index in [0.29, 0.717) is 41.1 Å². The van der Waals surface area contributed by atoms with E-state index in [0.717, 1.165) is 12.7 Å². The van der Waals surface area contributed by atoms with Crippen molar-refractivity contribution < 1.29 is 17.9 Å². The van der Waals surface area contributed by atoms with Gasteiger partial charge in [0.15, 0.2) is 17.3 Å². The Morgan fingerprint density at radius 1 is 1.23 bits per heavy atom. The number of alkyl halides is 3. The number of hydrogen-bond acceptors (Lipinski definition) is 5. The van der Waals surface area contributed by atoms with Gasteiger partial charge in [-0.05, 0) is 29.4 Å². The highest BCUT2D eigenvalue weighted by atomic mass is 35.5. The highest BCUT2D eigenvalue weighted by Gasteiger charge is 3.05. The van der Waals surface area contributed by atoms with E-state index in [9.17, 15) is 13.2 Å². The topological polar surface area (TPSA) is 56.1 Å². The van der Waals surface area contributed by atoms with Crippen molar-refractivity contribution in [3.63, 3.8) is 0 Å². The first-order chi connectivity index (χ1) is 14.2. The summed E-state index contributed by atoms with van der Waals surface area (Å²) in [5.41, 5.74) is 1.98. The van der Waals surface area contributed by atoms with Crippen molar-refractivity contribution in [3.8, 4) is 5.75 Å². The molecule has 0 amide bonds. The Kier molecular flexibility index (Phi) is 2.69. The van der Waals surface area contributed by atoms with E-state index < -0.39 is 11.9 Å². The second kappa shape index (κ2) is 4.64. The number of halogens is 4. The van der Waals surface area contributed by atoms with Crippen molar-refractivity contribution >= 4 is 17.4 Å². The van der Waals surface area contributed by atoms with Gasteiger partial charge in [0, 0.05) is 38.2 Å². The van der Waals surface area contributed by atoms with Crippen LogP contribution in [0.15, 0.2) is 23.5 Å². The molecule has 10 heteroatoms. The molecule has 0 bridgehead atoms. The number of allylic oxidation sites excluding steroid dienone is 1. The maximum atomic E-state index is 13.1. The number of methoxy groups -OCH3 is 1. The van der Waals surface area contributed by atoms with Crippen LogP contribution in [0, 0.1) is 29.1 Å². The Labute approximate surface area is 174 Å². The smallest absolute Gasteiger partial charge is 0.434 e. The lowest BCUT2D eigenvalue weighted by Gasteiger charge is -3.04. The molecule has 6 atom stereocenters. The number of aryl methyl sites for hydroxylation is 1. The highest BCUT2D eigenvalue weighted by molar-refractivity contribution is 6.28. The Bertz CT molecular complexity index is 1210. The van der Waals surface area contributed by atoms with E-state index in [1.54, 1.807) is 24.9 Å². The predicted octanol–water partition coefficient (Wildman–Crippen LogP) is 3.08. The minimum atomic E-state index is -4.41. The van der Waals surface area contributed by atoms with Crippen LogP contribution in [0.5, 0.6) is 5.75 Å². The third-order valence-corrected chi connectivity index (χ3v) is 8.64. The highest BCUT2D eigenvalue weighted by Crippen LogP contribution is 3.06. The van der Waals surface area contributed by atoms with E-state index in [1.165, 1.54) is 11.1 Å². The summed E-state index contributed by atoms with van der Waals surface area (Å²) in [6.07, 6.45) is -1.72. The first-order valence-corrected chi connectivity index (χ1v) is 10.2. The molecule has 4 saturated carbocycles. The largest absolute Gasteiger partial charge is 0.491 e. The molecule has 2 aromatic heterocycles. The maximum absolute atomic E-state index is 13.1. The van der Waals surface area contributed by atoms with Crippen molar-refractivity contribution in [2.45, 2.75) is 11.6 Å². The average Bonchev–Trinajstić information content (AvgIpc) is 3.10. The van der Waals surface area contributed by atoms with Crippen LogP contribution in [0.25, 0.3) is 0 Å². The zero-order valence-corrected chi connectivity index (χ0v) is 17.1. The molecule has 0 N–H and O–H groups in total. The summed E-state index contributed by atoms with van der Waals surface area (Å²) in [6.45, 7) is 0.808. The van der Waals surface area contributed by atoms with E-state index in [2.05, 4.69) is 19.9 Å². The van der Waals surface area contributed by atoms with Gasteiger partial charge in [0.25, 0.3) is 0 Å². The lowest BCUT2D eigenvalue weighted by atomic mass is 8.98. The standard InChI is InChI=1S/C20H17ClF3N5O/c1-28-5-8(20(22,23)24)26-16(28)19-12-9-13(19)11-14(19)10(12)18(9,11)6-29(2)15-7(30-3)4-25-17(21)27-15/h4-5,9-10,12-13H,6H2,1-3H3. The molecule has 0 aliphatic heterocycles. The van der Waals surface area contributed by atoms with Gasteiger partial charge in [-0.25, -0.2) is 9.97 Å². The second-order valence-corrected chi connectivity index (χ2v) is 9.53. The number of hydrogen-bond donors (Lipinski definition) is 0. The number of anilines is 1. The molecule has 2 heterocycles. The molecule has 30 heavy (non-hydrogen) atoms. The lowest BCUT2D eigenvalue weighted by molar-refractivity contribution is -0.408. The van der Waals surface area contributed by atoms with Crippen LogP contribution in [0.3, 0.4) is 0 Å². The molecular weight excluding hydrogens is 419 g/mol. The van der Waals surface area contributed by atoms with E-state index in [4.69, 9.17) is 16.3 Å². The first kappa shape index (κ1) is 17.4. The van der Waals surface area contributed by atoms with Gasteiger partial charge >= 0.3 is 6.18 Å². The lowest BCUT2D eigenvalue weighted by Crippen LogP contribution is -3.03. The molecule has 4 fully saturated rings. The molecule has 2 aromatic rings. The third kappa shape index (κ3) is 1.40. The molecule has 6 aliphatic carbocycles. The summed E-state index contributed by atoms with van der Waals surface area (Å²) in [5, 5.41) is 0.170. The summed E-state index contributed by atoms with van der Waals surface area (Å²) in [4.78, 5) is 14.4. The van der Waals surface area contributed by atoms with Crippen molar-refractivity contribution in [2.24, 2.45) is 36.1 Å². The van der Waals surface area contributed by atoms with Gasteiger partial charge in [0.1, 0.15) is 5.82 Å². The quantitative estimate of drug-likeness (QED) is 0.533. The number of imidazole rings is 1. The van der Waals surface area contributed by atoms with Gasteiger partial charge in [-0.3, -0.25) is 0 Å². The molecule has 0 radical (unpaired) electrons. The third-order valence-electron chi connectivity index (χ3n) is 8.45. The normalized spacial score (nSPS) is 38.1. The summed E-state index contributed by atoms with van der Waals surface area (Å²) in [7, 11) is 5.22. The molecule has 6 aliphatic rings.